The summed E-state index contributed by atoms with van der Waals surface area (Å²) in [5.74, 6) is 0.339. The van der Waals surface area contributed by atoms with E-state index in [0.717, 1.165) is 67.9 Å². The van der Waals surface area contributed by atoms with Crippen LogP contribution < -0.4 is 0 Å². The highest BCUT2D eigenvalue weighted by Gasteiger charge is 2.35. The smallest absolute Gasteiger partial charge is 0.390 e. The molecule has 2 aromatic rings. The number of aliphatic hydroxyl groups is 1. The van der Waals surface area contributed by atoms with Gasteiger partial charge >= 0.3 is 6.18 Å². The molecular weight excluding hydrogens is 603 g/mol. The van der Waals surface area contributed by atoms with E-state index in [1.54, 1.807) is 14.5 Å². The molecule has 0 saturated carbocycles. The minimum atomic E-state index is -4.58. The molecule has 0 radical (unpaired) electrons. The predicted octanol–water partition coefficient (Wildman–Crippen LogP) is 5.31. The van der Waals surface area contributed by atoms with Gasteiger partial charge in [-0.3, -0.25) is 14.3 Å². The van der Waals surface area contributed by atoms with E-state index in [4.69, 9.17) is 5.10 Å². The molecule has 45 heavy (non-hydrogen) atoms. The Bertz CT molecular complexity index is 1370. The maximum atomic E-state index is 14.0. The van der Waals surface area contributed by atoms with E-state index >= 15 is 0 Å². The number of alkyl halides is 3. The van der Waals surface area contributed by atoms with Gasteiger partial charge in [0, 0.05) is 67.8 Å². The van der Waals surface area contributed by atoms with Gasteiger partial charge in [-0.1, -0.05) is 26.8 Å². The van der Waals surface area contributed by atoms with Crippen LogP contribution in [0.3, 0.4) is 0 Å². The molecule has 1 aromatic heterocycles. The van der Waals surface area contributed by atoms with Crippen LogP contribution >= 0.6 is 11.8 Å². The van der Waals surface area contributed by atoms with Crippen LogP contribution in [0, 0.1) is 11.3 Å². The molecule has 248 valence electrons. The van der Waals surface area contributed by atoms with Crippen LogP contribution in [0.4, 0.5) is 13.2 Å². The first-order chi connectivity index (χ1) is 21.2. The normalized spacial score (nSPS) is 19.2. The largest absolute Gasteiger partial charge is 0.417 e. The summed E-state index contributed by atoms with van der Waals surface area (Å²) in [5, 5.41) is 16.0. The lowest BCUT2D eigenvalue weighted by Gasteiger charge is -2.39. The van der Waals surface area contributed by atoms with E-state index in [0.29, 0.717) is 56.3 Å². The lowest BCUT2D eigenvalue weighted by Crippen LogP contribution is -2.42. The van der Waals surface area contributed by atoms with Crippen molar-refractivity contribution in [2.45, 2.75) is 90.1 Å². The summed E-state index contributed by atoms with van der Waals surface area (Å²) in [4.78, 5) is 30.7. The van der Waals surface area contributed by atoms with Gasteiger partial charge in [0.25, 0.3) is 0 Å². The van der Waals surface area contributed by atoms with Gasteiger partial charge in [-0.2, -0.15) is 18.3 Å². The number of piperidine rings is 1. The molecule has 0 bridgehead atoms. The highest BCUT2D eigenvalue weighted by Crippen LogP contribution is 2.40. The Balaban J connectivity index is 1.39. The number of thioether (sulfide) groups is 1. The molecule has 1 atom stereocenters. The summed E-state index contributed by atoms with van der Waals surface area (Å²) in [6.45, 7) is 13.1. The number of amides is 2. The number of benzene rings is 1. The van der Waals surface area contributed by atoms with Gasteiger partial charge in [0.1, 0.15) is 0 Å². The van der Waals surface area contributed by atoms with Crippen molar-refractivity contribution in [2.75, 3.05) is 45.0 Å². The zero-order valence-electron chi connectivity index (χ0n) is 26.8. The van der Waals surface area contributed by atoms with Crippen molar-refractivity contribution < 1.29 is 27.9 Å². The van der Waals surface area contributed by atoms with Gasteiger partial charge in [-0.25, -0.2) is 0 Å². The average molecular weight is 650 g/mol. The van der Waals surface area contributed by atoms with Crippen molar-refractivity contribution in [1.82, 2.24) is 24.5 Å². The monoisotopic (exact) mass is 649 g/mol. The Kier molecular flexibility index (Phi) is 10.2. The summed E-state index contributed by atoms with van der Waals surface area (Å²) in [6, 6.07) is 3.95. The number of aromatic nitrogens is 2. The molecule has 0 aliphatic carbocycles. The van der Waals surface area contributed by atoms with Crippen molar-refractivity contribution >= 4 is 23.6 Å². The second-order valence-corrected chi connectivity index (χ2v) is 14.8. The fourth-order valence-electron chi connectivity index (χ4n) is 6.90. The van der Waals surface area contributed by atoms with Gasteiger partial charge < -0.3 is 19.8 Å². The van der Waals surface area contributed by atoms with E-state index in [2.05, 4.69) is 25.7 Å². The third-order valence-electron chi connectivity index (χ3n) is 9.61. The summed E-state index contributed by atoms with van der Waals surface area (Å²) >= 11 is 0.903. The van der Waals surface area contributed by atoms with E-state index in [1.807, 2.05) is 0 Å². The first-order valence-electron chi connectivity index (χ1n) is 16.1. The summed E-state index contributed by atoms with van der Waals surface area (Å²) in [5.41, 5.74) is 2.18. The zero-order valence-corrected chi connectivity index (χ0v) is 27.6. The lowest BCUT2D eigenvalue weighted by atomic mass is 9.75. The number of carbonyl (C=O) groups excluding carboxylic acids is 2. The molecule has 5 rings (SSSR count). The SMILES string of the molecule is CC(=O)N1CCc2c(c(-c3ccc(C(F)(F)F)c(SCC(=O)N4CCCC4)c3)nn2CC(O)CN2CCC(C(C)(C)C)CC2)C1. The summed E-state index contributed by atoms with van der Waals surface area (Å²) < 4.78 is 43.9. The number of rotatable bonds is 8. The van der Waals surface area contributed by atoms with Crippen molar-refractivity contribution in [3.63, 3.8) is 0 Å². The molecule has 2 amide bonds. The van der Waals surface area contributed by atoms with Crippen LogP contribution in [0.15, 0.2) is 23.1 Å². The number of halogens is 3. The van der Waals surface area contributed by atoms with Gasteiger partial charge in [0.15, 0.2) is 0 Å². The lowest BCUT2D eigenvalue weighted by molar-refractivity contribution is -0.139. The molecule has 4 heterocycles. The first kappa shape index (κ1) is 33.8. The zero-order chi connectivity index (χ0) is 32.5. The fraction of sp³-hybridized carbons (Fsp3) is 0.667. The van der Waals surface area contributed by atoms with Crippen LogP contribution in [0.1, 0.15) is 70.2 Å². The number of nitrogens with zero attached hydrogens (tertiary/aromatic N) is 5. The molecule has 12 heteroatoms. The predicted molar refractivity (Wildman–Crippen MR) is 169 cm³/mol. The maximum absolute atomic E-state index is 14.0. The summed E-state index contributed by atoms with van der Waals surface area (Å²) in [7, 11) is 0. The Labute approximate surface area is 268 Å². The third-order valence-corrected chi connectivity index (χ3v) is 10.7. The average Bonchev–Trinajstić information content (AvgIpc) is 3.64. The van der Waals surface area contributed by atoms with E-state index in [9.17, 15) is 27.9 Å². The number of hydrogen-bond donors (Lipinski definition) is 1. The Morgan fingerprint density at radius 2 is 1.71 bits per heavy atom. The van der Waals surface area contributed by atoms with E-state index in [1.165, 1.54) is 19.1 Å². The highest BCUT2D eigenvalue weighted by atomic mass is 32.2. The summed E-state index contributed by atoms with van der Waals surface area (Å²) in [6.07, 6.45) is -0.698. The molecule has 1 unspecified atom stereocenters. The molecule has 3 aliphatic rings. The second-order valence-electron chi connectivity index (χ2n) is 13.8. The maximum Gasteiger partial charge on any atom is 0.417 e. The first-order valence-corrected chi connectivity index (χ1v) is 17.1. The van der Waals surface area contributed by atoms with Gasteiger partial charge in [0.2, 0.25) is 11.8 Å². The molecule has 1 aromatic carbocycles. The Morgan fingerprint density at radius 1 is 1.02 bits per heavy atom. The number of aliphatic hydroxyl groups excluding tert-OH is 1. The van der Waals surface area contributed by atoms with Crippen molar-refractivity contribution in [1.29, 1.82) is 0 Å². The topological polar surface area (TPSA) is 81.9 Å². The van der Waals surface area contributed by atoms with Crippen LogP contribution in [-0.4, -0.2) is 92.5 Å². The third kappa shape index (κ3) is 8.05. The number of fused-ring (bicyclic) bond motifs is 1. The molecule has 2 saturated heterocycles. The van der Waals surface area contributed by atoms with E-state index < -0.39 is 17.8 Å². The van der Waals surface area contributed by atoms with Crippen molar-refractivity contribution in [2.24, 2.45) is 11.3 Å². The van der Waals surface area contributed by atoms with Crippen LogP contribution in [-0.2, 0) is 35.3 Å². The second kappa shape index (κ2) is 13.7. The van der Waals surface area contributed by atoms with Gasteiger partial charge in [-0.05, 0) is 62.2 Å². The van der Waals surface area contributed by atoms with Crippen molar-refractivity contribution in [3.8, 4) is 11.3 Å². The van der Waals surface area contributed by atoms with Crippen LogP contribution in [0.5, 0.6) is 0 Å². The Morgan fingerprint density at radius 3 is 2.33 bits per heavy atom. The minimum Gasteiger partial charge on any atom is -0.390 e. The molecule has 0 spiro atoms. The standard InChI is InChI=1S/C33H46F3N5O3S/c1-22(42)40-16-11-28-26(20-40)31(37-41(28)19-25(43)18-38-14-9-24(10-15-38)32(2,3)4)23-7-8-27(33(34,35)36)29(17-23)45-21-30(44)39-12-5-6-13-39/h7-8,17,24-25,43H,5-6,9-16,18-21H2,1-4H3. The molecule has 1 N–H and O–H groups in total. The van der Waals surface area contributed by atoms with Crippen LogP contribution in [0.25, 0.3) is 11.3 Å². The highest BCUT2D eigenvalue weighted by molar-refractivity contribution is 8.00. The van der Waals surface area contributed by atoms with Gasteiger partial charge in [-0.15, -0.1) is 11.8 Å². The van der Waals surface area contributed by atoms with E-state index in [-0.39, 0.29) is 34.4 Å². The molecule has 3 aliphatic heterocycles. The quantitative estimate of drug-likeness (QED) is 0.391. The number of likely N-dealkylation sites (tertiary alicyclic amines) is 2. The Hall–Kier alpha value is -2.57. The van der Waals surface area contributed by atoms with Gasteiger partial charge in [0.05, 0.1) is 29.7 Å². The molecule has 8 nitrogen and oxygen atoms in total. The number of hydrogen-bond acceptors (Lipinski definition) is 6. The fourth-order valence-corrected chi connectivity index (χ4v) is 7.91. The number of β-amino-alcohol motifs (C(OH)–C–C–N with tert-alkyl or cyclic N) is 1. The minimum absolute atomic E-state index is 0.0197. The van der Waals surface area contributed by atoms with Crippen LogP contribution in [0.2, 0.25) is 0 Å². The molecular formula is C33H46F3N5O3S. The molecule has 2 fully saturated rings. The van der Waals surface area contributed by atoms with Crippen molar-refractivity contribution in [3.05, 3.63) is 35.0 Å². The number of carbonyl (C=O) groups is 2.